The number of hydrogen-bond acceptors (Lipinski definition) is 4. The lowest BCUT2D eigenvalue weighted by atomic mass is 10.1. The average Bonchev–Trinajstić information content (AvgIpc) is 2.91. The van der Waals surface area contributed by atoms with Crippen LogP contribution in [0.1, 0.15) is 11.3 Å². The van der Waals surface area contributed by atoms with Gasteiger partial charge in [-0.05, 0) is 17.7 Å². The van der Waals surface area contributed by atoms with Crippen LogP contribution < -0.4 is 10.6 Å². The molecule has 3 rings (SSSR count). The van der Waals surface area contributed by atoms with Gasteiger partial charge in [0.15, 0.2) is 0 Å². The monoisotopic (exact) mass is 277 g/mol. The minimum atomic E-state index is -0.000878. The van der Waals surface area contributed by atoms with Gasteiger partial charge in [-0.15, -0.1) is 5.10 Å². The van der Waals surface area contributed by atoms with Crippen LogP contribution in [-0.4, -0.2) is 20.9 Å². The Hall–Kier alpha value is -2.08. The Morgan fingerprint density at radius 3 is 3.11 bits per heavy atom. The molecule has 1 aromatic carbocycles. The molecule has 2 N–H and O–H groups in total. The molecule has 0 unspecified atom stereocenters. The van der Waals surface area contributed by atoms with Crippen molar-refractivity contribution in [1.29, 1.82) is 0 Å². The highest BCUT2D eigenvalue weighted by molar-refractivity contribution is 6.33. The Labute approximate surface area is 114 Å². The second kappa shape index (κ2) is 4.55. The first kappa shape index (κ1) is 12.0. The van der Waals surface area contributed by atoms with E-state index in [4.69, 9.17) is 11.6 Å². The maximum absolute atomic E-state index is 11.3. The van der Waals surface area contributed by atoms with Crippen molar-refractivity contribution in [3.8, 4) is 0 Å². The number of nitrogens with zero attached hydrogens (tertiary/aromatic N) is 3. The number of nitrogens with one attached hydrogen (secondary N) is 2. The predicted molar refractivity (Wildman–Crippen MR) is 72.1 cm³/mol. The summed E-state index contributed by atoms with van der Waals surface area (Å²) in [5, 5.41) is 14.2. The minimum absolute atomic E-state index is 0.000878. The van der Waals surface area contributed by atoms with Gasteiger partial charge in [-0.25, -0.2) is 0 Å². The number of amides is 1. The Bertz CT molecular complexity index is 652. The minimum Gasteiger partial charge on any atom is -0.378 e. The maximum Gasteiger partial charge on any atom is 0.228 e. The number of benzene rings is 1. The fourth-order valence-corrected chi connectivity index (χ4v) is 2.27. The lowest BCUT2D eigenvalue weighted by Crippen LogP contribution is -2.06. The number of fused-ring (bicyclic) bond motifs is 1. The predicted octanol–water partition coefficient (Wildman–Crippen LogP) is 1.58. The molecule has 6 nitrogen and oxygen atoms in total. The standard InChI is InChI=1S/C12H12ClN5O/c1-18-8(6-15-17-18)5-14-11-2-7-3-12(19)16-10(7)4-9(11)13/h2,4,6,14H,3,5H2,1H3,(H,16,19). The molecule has 1 amide bonds. The van der Waals surface area contributed by atoms with E-state index in [1.807, 2.05) is 13.1 Å². The summed E-state index contributed by atoms with van der Waals surface area (Å²) in [5.74, 6) is -0.000878. The molecule has 0 radical (unpaired) electrons. The third-order valence-electron chi connectivity index (χ3n) is 3.09. The Morgan fingerprint density at radius 1 is 1.53 bits per heavy atom. The molecule has 19 heavy (non-hydrogen) atoms. The van der Waals surface area contributed by atoms with Gasteiger partial charge in [0.25, 0.3) is 0 Å². The van der Waals surface area contributed by atoms with E-state index in [9.17, 15) is 4.79 Å². The zero-order valence-electron chi connectivity index (χ0n) is 10.3. The van der Waals surface area contributed by atoms with Crippen LogP contribution in [0.4, 0.5) is 11.4 Å². The fourth-order valence-electron chi connectivity index (χ4n) is 2.04. The van der Waals surface area contributed by atoms with Gasteiger partial charge in [0.05, 0.1) is 35.6 Å². The maximum atomic E-state index is 11.3. The van der Waals surface area contributed by atoms with Crippen molar-refractivity contribution in [3.05, 3.63) is 34.6 Å². The first-order valence-corrected chi connectivity index (χ1v) is 6.21. The number of anilines is 2. The highest BCUT2D eigenvalue weighted by Crippen LogP contribution is 2.32. The molecule has 1 aliphatic rings. The number of halogens is 1. The molecule has 98 valence electrons. The van der Waals surface area contributed by atoms with Crippen molar-refractivity contribution in [2.75, 3.05) is 10.6 Å². The Morgan fingerprint density at radius 2 is 2.37 bits per heavy atom. The van der Waals surface area contributed by atoms with Gasteiger partial charge in [-0.1, -0.05) is 16.8 Å². The zero-order valence-corrected chi connectivity index (χ0v) is 11.0. The molecule has 1 aromatic heterocycles. The molecule has 7 heteroatoms. The van der Waals surface area contributed by atoms with Crippen molar-refractivity contribution < 1.29 is 4.79 Å². The molecule has 0 spiro atoms. The molecule has 2 heterocycles. The van der Waals surface area contributed by atoms with Crippen LogP contribution in [0.3, 0.4) is 0 Å². The Balaban J connectivity index is 1.80. The summed E-state index contributed by atoms with van der Waals surface area (Å²) in [5.41, 5.74) is 3.51. The van der Waals surface area contributed by atoms with Crippen molar-refractivity contribution in [2.24, 2.45) is 7.05 Å². The first-order chi connectivity index (χ1) is 9.13. The molecule has 0 saturated heterocycles. The molecular formula is C12H12ClN5O. The summed E-state index contributed by atoms with van der Waals surface area (Å²) in [6, 6.07) is 3.67. The lowest BCUT2D eigenvalue weighted by molar-refractivity contribution is -0.115. The molecule has 2 aromatic rings. The third kappa shape index (κ3) is 2.26. The Kier molecular flexibility index (Phi) is 2.87. The van der Waals surface area contributed by atoms with Crippen molar-refractivity contribution in [1.82, 2.24) is 15.0 Å². The van der Waals surface area contributed by atoms with Gasteiger partial charge in [0, 0.05) is 12.7 Å². The third-order valence-corrected chi connectivity index (χ3v) is 3.40. The summed E-state index contributed by atoms with van der Waals surface area (Å²) in [6.45, 7) is 0.573. The van der Waals surface area contributed by atoms with Crippen LogP contribution in [0.25, 0.3) is 0 Å². The van der Waals surface area contributed by atoms with Crippen LogP contribution in [0, 0.1) is 0 Å². The van der Waals surface area contributed by atoms with E-state index in [-0.39, 0.29) is 5.91 Å². The largest absolute Gasteiger partial charge is 0.378 e. The number of rotatable bonds is 3. The van der Waals surface area contributed by atoms with E-state index in [1.54, 1.807) is 16.9 Å². The number of aryl methyl sites for hydroxylation is 1. The van der Waals surface area contributed by atoms with Crippen LogP contribution in [0.2, 0.25) is 5.02 Å². The van der Waals surface area contributed by atoms with E-state index in [1.165, 1.54) is 0 Å². The van der Waals surface area contributed by atoms with E-state index < -0.39 is 0 Å². The van der Waals surface area contributed by atoms with Gasteiger partial charge in [-0.2, -0.15) is 0 Å². The molecule has 0 aliphatic carbocycles. The highest BCUT2D eigenvalue weighted by Gasteiger charge is 2.19. The molecule has 0 bridgehead atoms. The van der Waals surface area contributed by atoms with Crippen molar-refractivity contribution in [2.45, 2.75) is 13.0 Å². The van der Waals surface area contributed by atoms with Gasteiger partial charge in [-0.3, -0.25) is 9.48 Å². The van der Waals surface area contributed by atoms with Gasteiger partial charge in [0.2, 0.25) is 5.91 Å². The molecule has 0 fully saturated rings. The second-order valence-corrected chi connectivity index (χ2v) is 4.82. The fraction of sp³-hybridized carbons (Fsp3) is 0.250. The van der Waals surface area contributed by atoms with Crippen molar-refractivity contribution in [3.63, 3.8) is 0 Å². The van der Waals surface area contributed by atoms with Crippen LogP contribution in [0.15, 0.2) is 18.3 Å². The van der Waals surface area contributed by atoms with Crippen LogP contribution in [0.5, 0.6) is 0 Å². The zero-order chi connectivity index (χ0) is 13.4. The molecular weight excluding hydrogens is 266 g/mol. The molecule has 0 atom stereocenters. The number of aromatic nitrogens is 3. The van der Waals surface area contributed by atoms with E-state index in [2.05, 4.69) is 20.9 Å². The lowest BCUT2D eigenvalue weighted by Gasteiger charge is -2.10. The highest BCUT2D eigenvalue weighted by atomic mass is 35.5. The first-order valence-electron chi connectivity index (χ1n) is 5.83. The van der Waals surface area contributed by atoms with Crippen molar-refractivity contribution >= 4 is 28.9 Å². The van der Waals surface area contributed by atoms with Gasteiger partial charge in [0.1, 0.15) is 0 Å². The summed E-state index contributed by atoms with van der Waals surface area (Å²) in [6.07, 6.45) is 2.09. The summed E-state index contributed by atoms with van der Waals surface area (Å²) in [7, 11) is 1.83. The smallest absolute Gasteiger partial charge is 0.228 e. The number of carbonyl (C=O) groups excluding carboxylic acids is 1. The average molecular weight is 278 g/mol. The SMILES string of the molecule is Cn1nncc1CNc1cc2c(cc1Cl)NC(=O)C2. The van der Waals surface area contributed by atoms with Crippen LogP contribution >= 0.6 is 11.6 Å². The van der Waals surface area contributed by atoms with E-state index in [0.717, 1.165) is 22.6 Å². The summed E-state index contributed by atoms with van der Waals surface area (Å²) < 4.78 is 1.69. The van der Waals surface area contributed by atoms with Gasteiger partial charge < -0.3 is 10.6 Å². The summed E-state index contributed by atoms with van der Waals surface area (Å²) in [4.78, 5) is 11.3. The molecule has 0 saturated carbocycles. The van der Waals surface area contributed by atoms with E-state index in [0.29, 0.717) is 18.0 Å². The molecule has 1 aliphatic heterocycles. The number of carbonyl (C=O) groups is 1. The van der Waals surface area contributed by atoms with Gasteiger partial charge >= 0.3 is 0 Å². The quantitative estimate of drug-likeness (QED) is 0.893. The van der Waals surface area contributed by atoms with Crippen LogP contribution in [-0.2, 0) is 24.8 Å². The normalized spacial score (nSPS) is 13.3. The second-order valence-electron chi connectivity index (χ2n) is 4.42. The number of hydrogen-bond donors (Lipinski definition) is 2. The topological polar surface area (TPSA) is 71.8 Å². The summed E-state index contributed by atoms with van der Waals surface area (Å²) >= 11 is 6.18. The van der Waals surface area contributed by atoms with E-state index >= 15 is 0 Å².